The maximum absolute atomic E-state index is 12.0. The summed E-state index contributed by atoms with van der Waals surface area (Å²) in [5, 5.41) is 5.91. The van der Waals surface area contributed by atoms with Crippen LogP contribution in [-0.4, -0.2) is 44.5 Å². The summed E-state index contributed by atoms with van der Waals surface area (Å²) in [4.78, 5) is 18.2. The Morgan fingerprint density at radius 3 is 2.40 bits per heavy atom. The average Bonchev–Trinajstić information content (AvgIpc) is 2.63. The number of hydrogen-bond acceptors (Lipinski definition) is 3. The van der Waals surface area contributed by atoms with Gasteiger partial charge >= 0.3 is 0 Å². The molecule has 0 saturated heterocycles. The Balaban J connectivity index is 1.85. The van der Waals surface area contributed by atoms with Crippen molar-refractivity contribution in [1.29, 1.82) is 0 Å². The monoisotopic (exact) mass is 340 g/mol. The van der Waals surface area contributed by atoms with E-state index >= 15 is 0 Å². The number of hydrogen-bond donors (Lipinski definition) is 2. The van der Waals surface area contributed by atoms with Gasteiger partial charge in [-0.3, -0.25) is 9.79 Å². The van der Waals surface area contributed by atoms with Gasteiger partial charge in [-0.2, -0.15) is 0 Å². The molecule has 0 atom stereocenters. The fourth-order valence-electron chi connectivity index (χ4n) is 2.35. The number of carbonyl (C=O) groups is 1. The van der Waals surface area contributed by atoms with Gasteiger partial charge in [0.15, 0.2) is 5.96 Å². The summed E-state index contributed by atoms with van der Waals surface area (Å²) in [6, 6.07) is 17.2. The van der Waals surface area contributed by atoms with Crippen molar-refractivity contribution in [2.75, 3.05) is 33.1 Å². The number of ether oxygens (including phenoxy) is 1. The van der Waals surface area contributed by atoms with Crippen LogP contribution in [0.5, 0.6) is 5.75 Å². The van der Waals surface area contributed by atoms with Gasteiger partial charge in [0.25, 0.3) is 0 Å². The summed E-state index contributed by atoms with van der Waals surface area (Å²) in [6.07, 6.45) is 0. The standard InChI is InChI=1S/C19H24N4O2/c1-20-19(21-13-18(24)22-16-7-5-4-6-8-16)23(2)14-15-9-11-17(25-3)12-10-15/h4-12H,13-14H2,1-3H3,(H,20,21)(H,22,24). The maximum atomic E-state index is 12.0. The fraction of sp³-hybridized carbons (Fsp3) is 0.263. The topological polar surface area (TPSA) is 66.0 Å². The average molecular weight is 340 g/mol. The van der Waals surface area contributed by atoms with Crippen LogP contribution >= 0.6 is 0 Å². The zero-order chi connectivity index (χ0) is 18.1. The summed E-state index contributed by atoms with van der Waals surface area (Å²) < 4.78 is 5.16. The van der Waals surface area contributed by atoms with Crippen LogP contribution in [0.1, 0.15) is 5.56 Å². The molecule has 2 aromatic rings. The van der Waals surface area contributed by atoms with Gasteiger partial charge in [0, 0.05) is 26.3 Å². The highest BCUT2D eigenvalue weighted by molar-refractivity contribution is 5.94. The quantitative estimate of drug-likeness (QED) is 0.626. The fourth-order valence-corrected chi connectivity index (χ4v) is 2.35. The first-order valence-corrected chi connectivity index (χ1v) is 8.02. The van der Waals surface area contributed by atoms with E-state index < -0.39 is 0 Å². The summed E-state index contributed by atoms with van der Waals surface area (Å²) in [7, 11) is 5.27. The van der Waals surface area contributed by atoms with Crippen molar-refractivity contribution in [3.8, 4) is 5.75 Å². The number of amides is 1. The van der Waals surface area contributed by atoms with Gasteiger partial charge in [-0.1, -0.05) is 30.3 Å². The smallest absolute Gasteiger partial charge is 0.243 e. The van der Waals surface area contributed by atoms with Crippen LogP contribution in [0.4, 0.5) is 5.69 Å². The number of nitrogens with zero attached hydrogens (tertiary/aromatic N) is 2. The number of rotatable bonds is 6. The van der Waals surface area contributed by atoms with Crippen LogP contribution in [0.3, 0.4) is 0 Å². The number of anilines is 1. The SMILES string of the molecule is CN=C(NCC(=O)Nc1ccccc1)N(C)Cc1ccc(OC)cc1. The Bertz CT molecular complexity index is 699. The second-order valence-electron chi connectivity index (χ2n) is 5.52. The Morgan fingerprint density at radius 1 is 1.12 bits per heavy atom. The van der Waals surface area contributed by atoms with Crippen molar-refractivity contribution in [2.45, 2.75) is 6.54 Å². The van der Waals surface area contributed by atoms with E-state index in [9.17, 15) is 4.79 Å². The summed E-state index contributed by atoms with van der Waals surface area (Å²) >= 11 is 0. The van der Waals surface area contributed by atoms with E-state index in [1.54, 1.807) is 14.2 Å². The van der Waals surface area contributed by atoms with Crippen molar-refractivity contribution >= 4 is 17.6 Å². The number of methoxy groups -OCH3 is 1. The van der Waals surface area contributed by atoms with Crippen molar-refractivity contribution in [2.24, 2.45) is 4.99 Å². The number of benzene rings is 2. The normalized spacial score (nSPS) is 10.9. The molecule has 0 aromatic heterocycles. The van der Waals surface area contributed by atoms with E-state index in [0.29, 0.717) is 12.5 Å². The Hall–Kier alpha value is -3.02. The van der Waals surface area contributed by atoms with Crippen LogP contribution < -0.4 is 15.4 Å². The minimum atomic E-state index is -0.120. The molecule has 6 heteroatoms. The molecule has 2 rings (SSSR count). The molecular formula is C19H24N4O2. The van der Waals surface area contributed by atoms with Crippen molar-refractivity contribution in [3.63, 3.8) is 0 Å². The molecule has 0 radical (unpaired) electrons. The Morgan fingerprint density at radius 2 is 1.80 bits per heavy atom. The molecule has 2 N–H and O–H groups in total. The van der Waals surface area contributed by atoms with E-state index in [0.717, 1.165) is 17.0 Å². The number of carbonyl (C=O) groups excluding carboxylic acids is 1. The van der Waals surface area contributed by atoms with Crippen LogP contribution in [-0.2, 0) is 11.3 Å². The van der Waals surface area contributed by atoms with E-state index in [4.69, 9.17) is 4.74 Å². The zero-order valence-corrected chi connectivity index (χ0v) is 14.8. The van der Waals surface area contributed by atoms with Crippen LogP contribution in [0.2, 0.25) is 0 Å². The van der Waals surface area contributed by atoms with Crippen molar-refractivity contribution < 1.29 is 9.53 Å². The molecule has 2 aromatic carbocycles. The molecule has 0 spiro atoms. The van der Waals surface area contributed by atoms with Crippen LogP contribution in [0.25, 0.3) is 0 Å². The molecule has 6 nitrogen and oxygen atoms in total. The third-order valence-electron chi connectivity index (χ3n) is 3.62. The zero-order valence-electron chi connectivity index (χ0n) is 14.8. The van der Waals surface area contributed by atoms with Gasteiger partial charge in [0.2, 0.25) is 5.91 Å². The third kappa shape index (κ3) is 5.84. The van der Waals surface area contributed by atoms with Gasteiger partial charge in [-0.15, -0.1) is 0 Å². The van der Waals surface area contributed by atoms with Gasteiger partial charge < -0.3 is 20.3 Å². The molecule has 0 heterocycles. The first kappa shape index (κ1) is 18.3. The molecule has 25 heavy (non-hydrogen) atoms. The van der Waals surface area contributed by atoms with Crippen LogP contribution in [0.15, 0.2) is 59.6 Å². The van der Waals surface area contributed by atoms with Crippen molar-refractivity contribution in [1.82, 2.24) is 10.2 Å². The number of guanidine groups is 1. The lowest BCUT2D eigenvalue weighted by molar-refractivity contribution is -0.115. The van der Waals surface area contributed by atoms with Gasteiger partial charge in [0.05, 0.1) is 13.7 Å². The predicted molar refractivity (Wildman–Crippen MR) is 101 cm³/mol. The third-order valence-corrected chi connectivity index (χ3v) is 3.62. The summed E-state index contributed by atoms with van der Waals surface area (Å²) in [5.41, 5.74) is 1.90. The highest BCUT2D eigenvalue weighted by atomic mass is 16.5. The molecule has 0 aliphatic heterocycles. The maximum Gasteiger partial charge on any atom is 0.243 e. The predicted octanol–water partition coefficient (Wildman–Crippen LogP) is 2.34. The first-order chi connectivity index (χ1) is 12.1. The minimum absolute atomic E-state index is 0.120. The molecule has 0 unspecified atom stereocenters. The molecule has 0 saturated carbocycles. The Labute approximate surface area is 148 Å². The second kappa shape index (κ2) is 9.32. The largest absolute Gasteiger partial charge is 0.497 e. The molecule has 0 fully saturated rings. The van der Waals surface area contributed by atoms with E-state index in [1.165, 1.54) is 0 Å². The van der Waals surface area contributed by atoms with Gasteiger partial charge in [0.1, 0.15) is 5.75 Å². The number of aliphatic imine (C=N–C) groups is 1. The van der Waals surface area contributed by atoms with E-state index in [1.807, 2.05) is 66.5 Å². The van der Waals surface area contributed by atoms with Crippen molar-refractivity contribution in [3.05, 3.63) is 60.2 Å². The molecular weight excluding hydrogens is 316 g/mol. The van der Waals surface area contributed by atoms with Gasteiger partial charge in [-0.25, -0.2) is 0 Å². The molecule has 0 aliphatic carbocycles. The lowest BCUT2D eigenvalue weighted by Crippen LogP contribution is -2.42. The summed E-state index contributed by atoms with van der Waals surface area (Å²) in [6.45, 7) is 0.818. The van der Waals surface area contributed by atoms with E-state index in [-0.39, 0.29) is 12.5 Å². The summed E-state index contributed by atoms with van der Waals surface area (Å²) in [5.74, 6) is 1.36. The molecule has 0 bridgehead atoms. The highest BCUT2D eigenvalue weighted by Crippen LogP contribution is 2.12. The lowest BCUT2D eigenvalue weighted by Gasteiger charge is -2.22. The molecule has 0 aliphatic rings. The highest BCUT2D eigenvalue weighted by Gasteiger charge is 2.09. The lowest BCUT2D eigenvalue weighted by atomic mass is 10.2. The van der Waals surface area contributed by atoms with Crippen LogP contribution in [0, 0.1) is 0 Å². The Kier molecular flexibility index (Phi) is 6.83. The number of para-hydroxylation sites is 1. The number of nitrogens with one attached hydrogen (secondary N) is 2. The van der Waals surface area contributed by atoms with E-state index in [2.05, 4.69) is 15.6 Å². The molecule has 1 amide bonds. The minimum Gasteiger partial charge on any atom is -0.497 e. The molecule has 132 valence electrons. The second-order valence-corrected chi connectivity index (χ2v) is 5.52. The first-order valence-electron chi connectivity index (χ1n) is 8.02. The van der Waals surface area contributed by atoms with Gasteiger partial charge in [-0.05, 0) is 29.8 Å².